The van der Waals surface area contributed by atoms with Crippen LogP contribution in [0.2, 0.25) is 0 Å². The molecule has 32 heavy (non-hydrogen) atoms. The molecule has 2 aromatic carbocycles. The fourth-order valence-corrected chi connectivity index (χ4v) is 4.18. The van der Waals surface area contributed by atoms with E-state index in [1.807, 2.05) is 12.1 Å². The van der Waals surface area contributed by atoms with Gasteiger partial charge in [-0.1, -0.05) is 49.2 Å². The Labute approximate surface area is 189 Å². The predicted molar refractivity (Wildman–Crippen MR) is 125 cm³/mol. The lowest BCUT2D eigenvalue weighted by atomic mass is 10.1. The summed E-state index contributed by atoms with van der Waals surface area (Å²) in [7, 11) is 0. The molecule has 0 aliphatic rings. The monoisotopic (exact) mass is 448 g/mol. The number of thiazole rings is 1. The van der Waals surface area contributed by atoms with Crippen molar-refractivity contribution in [1.82, 2.24) is 20.3 Å². The van der Waals surface area contributed by atoms with Gasteiger partial charge in [0.05, 0.1) is 29.6 Å². The van der Waals surface area contributed by atoms with Crippen LogP contribution in [-0.2, 0) is 4.79 Å². The first-order chi connectivity index (χ1) is 15.6. The van der Waals surface area contributed by atoms with E-state index in [-0.39, 0.29) is 18.4 Å². The van der Waals surface area contributed by atoms with Crippen LogP contribution in [0.4, 0.5) is 0 Å². The first kappa shape index (κ1) is 21.7. The number of aromatic nitrogens is 3. The Hall–Kier alpha value is -3.52. The number of aliphatic carboxylic acids is 1. The van der Waals surface area contributed by atoms with E-state index in [4.69, 9.17) is 5.11 Å². The second-order valence-electron chi connectivity index (χ2n) is 7.63. The van der Waals surface area contributed by atoms with Crippen molar-refractivity contribution in [3.63, 3.8) is 0 Å². The number of benzene rings is 2. The van der Waals surface area contributed by atoms with Crippen molar-refractivity contribution in [1.29, 1.82) is 0 Å². The fourth-order valence-electron chi connectivity index (χ4n) is 3.65. The van der Waals surface area contributed by atoms with Gasteiger partial charge in [0.1, 0.15) is 10.7 Å². The van der Waals surface area contributed by atoms with Crippen LogP contribution < -0.4 is 5.32 Å². The van der Waals surface area contributed by atoms with Gasteiger partial charge < -0.3 is 15.4 Å². The van der Waals surface area contributed by atoms with Crippen molar-refractivity contribution in [2.45, 2.75) is 38.1 Å². The van der Waals surface area contributed by atoms with E-state index in [0.29, 0.717) is 23.5 Å². The fraction of sp³-hybridized carbons (Fsp3) is 0.250. The van der Waals surface area contributed by atoms with Crippen molar-refractivity contribution >= 4 is 34.0 Å². The summed E-state index contributed by atoms with van der Waals surface area (Å²) in [6.07, 6.45) is 6.33. The molecule has 8 heteroatoms. The Bertz CT molecular complexity index is 1200. The largest absolute Gasteiger partial charge is 0.481 e. The summed E-state index contributed by atoms with van der Waals surface area (Å²) < 4.78 is 0. The Kier molecular flexibility index (Phi) is 6.91. The summed E-state index contributed by atoms with van der Waals surface area (Å²) in [4.78, 5) is 35.8. The maximum absolute atomic E-state index is 12.6. The quantitative estimate of drug-likeness (QED) is 0.289. The standard InChI is InChI=1S/C24H24N4O3S/c29-22(30)9-3-1-2-8-19(28-24(31)21-14-25-15-32-21)23-26-13-20(27-23)18-11-10-16-6-4-5-7-17(16)12-18/h4-7,10-15,19H,1-3,8-9H2,(H,26,27)(H,28,31)(H,29,30)/t19-/m0/s1. The zero-order chi connectivity index (χ0) is 22.3. The minimum atomic E-state index is -0.786. The van der Waals surface area contributed by atoms with Crippen molar-refractivity contribution < 1.29 is 14.7 Å². The molecule has 0 saturated carbocycles. The number of nitrogens with one attached hydrogen (secondary N) is 2. The maximum Gasteiger partial charge on any atom is 0.303 e. The van der Waals surface area contributed by atoms with Crippen molar-refractivity contribution in [3.05, 3.63) is 71.1 Å². The second kappa shape index (κ2) is 10.2. The van der Waals surface area contributed by atoms with E-state index >= 15 is 0 Å². The number of carboxylic acid groups (broad SMARTS) is 1. The summed E-state index contributed by atoms with van der Waals surface area (Å²) in [5.74, 6) is -0.290. The van der Waals surface area contributed by atoms with E-state index in [9.17, 15) is 9.59 Å². The van der Waals surface area contributed by atoms with Crippen LogP contribution in [0.1, 0.15) is 53.6 Å². The minimum absolute atomic E-state index is 0.157. The Morgan fingerprint density at radius 1 is 1.06 bits per heavy atom. The van der Waals surface area contributed by atoms with E-state index in [1.54, 1.807) is 17.9 Å². The van der Waals surface area contributed by atoms with Crippen molar-refractivity contribution in [2.24, 2.45) is 0 Å². The summed E-state index contributed by atoms with van der Waals surface area (Å²) in [6, 6.07) is 14.1. The van der Waals surface area contributed by atoms with Crippen molar-refractivity contribution in [3.8, 4) is 11.3 Å². The van der Waals surface area contributed by atoms with E-state index in [1.165, 1.54) is 16.7 Å². The number of H-pyrrole nitrogens is 1. The van der Waals surface area contributed by atoms with E-state index in [2.05, 4.69) is 50.6 Å². The predicted octanol–water partition coefficient (Wildman–Crippen LogP) is 5.19. The molecule has 2 heterocycles. The minimum Gasteiger partial charge on any atom is -0.481 e. The average Bonchev–Trinajstić information content (AvgIpc) is 3.50. The summed E-state index contributed by atoms with van der Waals surface area (Å²) >= 11 is 1.29. The number of nitrogens with zero attached hydrogens (tertiary/aromatic N) is 2. The van der Waals surface area contributed by atoms with Crippen LogP contribution in [0.25, 0.3) is 22.0 Å². The number of carbonyl (C=O) groups excluding carboxylic acids is 1. The first-order valence-electron chi connectivity index (χ1n) is 10.6. The lowest BCUT2D eigenvalue weighted by Crippen LogP contribution is -2.28. The number of imidazole rings is 1. The molecule has 4 aromatic rings. The van der Waals surface area contributed by atoms with Gasteiger partial charge in [-0.3, -0.25) is 14.6 Å². The molecule has 1 atom stereocenters. The number of unbranched alkanes of at least 4 members (excludes halogenated alkanes) is 2. The Balaban J connectivity index is 1.51. The normalized spacial score (nSPS) is 12.0. The molecule has 0 unspecified atom stereocenters. The van der Waals surface area contributed by atoms with Gasteiger partial charge in [0.15, 0.2) is 0 Å². The Morgan fingerprint density at radius 3 is 2.69 bits per heavy atom. The molecule has 3 N–H and O–H groups in total. The third-order valence-electron chi connectivity index (χ3n) is 5.33. The lowest BCUT2D eigenvalue weighted by Gasteiger charge is -2.16. The highest BCUT2D eigenvalue weighted by atomic mass is 32.1. The number of hydrogen-bond donors (Lipinski definition) is 3. The van der Waals surface area contributed by atoms with Crippen LogP contribution in [0, 0.1) is 0 Å². The molecule has 0 saturated heterocycles. The topological polar surface area (TPSA) is 108 Å². The molecular weight excluding hydrogens is 424 g/mol. The number of rotatable bonds is 10. The van der Waals surface area contributed by atoms with Gasteiger partial charge >= 0.3 is 5.97 Å². The molecule has 2 aromatic heterocycles. The highest BCUT2D eigenvalue weighted by Gasteiger charge is 2.20. The zero-order valence-electron chi connectivity index (χ0n) is 17.5. The Morgan fingerprint density at radius 2 is 1.91 bits per heavy atom. The molecular formula is C24H24N4O3S. The molecule has 1 amide bonds. The molecule has 0 aliphatic heterocycles. The number of carbonyl (C=O) groups is 2. The van der Waals surface area contributed by atoms with Crippen LogP contribution in [-0.4, -0.2) is 31.9 Å². The van der Waals surface area contributed by atoms with Gasteiger partial charge in [0.25, 0.3) is 5.91 Å². The van der Waals surface area contributed by atoms with Gasteiger partial charge in [0, 0.05) is 12.0 Å². The molecule has 4 rings (SSSR count). The third kappa shape index (κ3) is 5.39. The summed E-state index contributed by atoms with van der Waals surface area (Å²) in [5.41, 5.74) is 3.53. The van der Waals surface area contributed by atoms with Crippen LogP contribution in [0.5, 0.6) is 0 Å². The van der Waals surface area contributed by atoms with Gasteiger partial charge in [-0.15, -0.1) is 11.3 Å². The van der Waals surface area contributed by atoms with Crippen LogP contribution in [0.3, 0.4) is 0 Å². The van der Waals surface area contributed by atoms with Crippen molar-refractivity contribution in [2.75, 3.05) is 0 Å². The number of amides is 1. The van der Waals surface area contributed by atoms with Gasteiger partial charge in [-0.25, -0.2) is 4.98 Å². The molecule has 0 fully saturated rings. The van der Waals surface area contributed by atoms with Gasteiger partial charge in [-0.05, 0) is 29.7 Å². The van der Waals surface area contributed by atoms with E-state index < -0.39 is 5.97 Å². The molecule has 7 nitrogen and oxygen atoms in total. The number of hydrogen-bond acceptors (Lipinski definition) is 5. The maximum atomic E-state index is 12.6. The van der Waals surface area contributed by atoms with Crippen LogP contribution >= 0.6 is 11.3 Å². The molecule has 0 spiro atoms. The van der Waals surface area contributed by atoms with E-state index in [0.717, 1.165) is 29.5 Å². The zero-order valence-corrected chi connectivity index (χ0v) is 18.3. The summed E-state index contributed by atoms with van der Waals surface area (Å²) in [5, 5.41) is 14.2. The van der Waals surface area contributed by atoms with Gasteiger partial charge in [-0.2, -0.15) is 0 Å². The molecule has 164 valence electrons. The highest BCUT2D eigenvalue weighted by Crippen LogP contribution is 2.26. The molecule has 0 aliphatic carbocycles. The molecule has 0 radical (unpaired) electrons. The number of carboxylic acids is 1. The third-order valence-corrected chi connectivity index (χ3v) is 6.10. The summed E-state index contributed by atoms with van der Waals surface area (Å²) in [6.45, 7) is 0. The van der Waals surface area contributed by atoms with Crippen LogP contribution in [0.15, 0.2) is 60.4 Å². The number of aromatic amines is 1. The SMILES string of the molecule is O=C(O)CCCCC[C@H](NC(=O)c1cncs1)c1ncc(-c2ccc3ccccc3c2)[nH]1. The van der Waals surface area contributed by atoms with Gasteiger partial charge in [0.2, 0.25) is 0 Å². The lowest BCUT2D eigenvalue weighted by molar-refractivity contribution is -0.137. The highest BCUT2D eigenvalue weighted by molar-refractivity contribution is 7.11. The first-order valence-corrected chi connectivity index (χ1v) is 11.4. The smallest absolute Gasteiger partial charge is 0.303 e. The molecule has 0 bridgehead atoms. The second-order valence-corrected chi connectivity index (χ2v) is 8.52. The average molecular weight is 449 g/mol. The number of fused-ring (bicyclic) bond motifs is 1.